The Morgan fingerprint density at radius 2 is 1.35 bits per heavy atom. The zero-order valence-corrected chi connectivity index (χ0v) is 17.5. The summed E-state index contributed by atoms with van der Waals surface area (Å²) < 4.78 is 11.4. The van der Waals surface area contributed by atoms with E-state index in [-0.39, 0.29) is 0 Å². The number of hydrogen-bond donors (Lipinski definition) is 0. The molecule has 0 saturated carbocycles. The van der Waals surface area contributed by atoms with Crippen LogP contribution >= 0.6 is 0 Å². The summed E-state index contributed by atoms with van der Waals surface area (Å²) in [6.45, 7) is 13.3. The van der Waals surface area contributed by atoms with E-state index in [4.69, 9.17) is 9.47 Å². The van der Waals surface area contributed by atoms with Gasteiger partial charge in [0.25, 0.3) is 0 Å². The molecular weight excluding hydrogens is 322 g/mol. The predicted molar refractivity (Wildman–Crippen MR) is 112 cm³/mol. The average Bonchev–Trinajstić information content (AvgIpc) is 2.70. The minimum Gasteiger partial charge on any atom is -0.381 e. The number of piperidine rings is 1. The van der Waals surface area contributed by atoms with E-state index >= 15 is 0 Å². The summed E-state index contributed by atoms with van der Waals surface area (Å²) in [4.78, 5) is 2.57. The lowest BCUT2D eigenvalue weighted by Gasteiger charge is -2.26. The Labute approximate surface area is 162 Å². The Kier molecular flexibility index (Phi) is 14.5. The fourth-order valence-corrected chi connectivity index (χ4v) is 3.17. The van der Waals surface area contributed by atoms with Crippen LogP contribution in [0.25, 0.3) is 0 Å². The molecule has 0 aliphatic carbocycles. The van der Waals surface area contributed by atoms with Gasteiger partial charge in [-0.25, -0.2) is 0 Å². The lowest BCUT2D eigenvalue weighted by Crippen LogP contribution is -2.31. The lowest BCUT2D eigenvalue weighted by molar-refractivity contribution is 0.0764. The normalized spacial score (nSPS) is 14.7. The van der Waals surface area contributed by atoms with E-state index in [0.717, 1.165) is 52.1 Å². The van der Waals surface area contributed by atoms with E-state index < -0.39 is 0 Å². The van der Waals surface area contributed by atoms with Gasteiger partial charge in [0.05, 0.1) is 0 Å². The van der Waals surface area contributed by atoms with Gasteiger partial charge in [0.2, 0.25) is 0 Å². The van der Waals surface area contributed by atoms with Crippen LogP contribution in [0.5, 0.6) is 0 Å². The molecule has 1 saturated heterocycles. The third-order valence-electron chi connectivity index (χ3n) is 4.66. The number of aryl methyl sites for hydroxylation is 2. The Morgan fingerprint density at radius 3 is 2.00 bits per heavy atom. The highest BCUT2D eigenvalue weighted by Crippen LogP contribution is 2.08. The number of rotatable bonds is 12. The molecular formula is C23H41NO2. The molecule has 1 aromatic carbocycles. The van der Waals surface area contributed by atoms with Crippen LogP contribution in [0.4, 0.5) is 0 Å². The highest BCUT2D eigenvalue weighted by molar-refractivity contribution is 5.21. The highest BCUT2D eigenvalue weighted by atomic mass is 16.5. The molecule has 2 rings (SSSR count). The molecule has 0 radical (unpaired) electrons. The van der Waals surface area contributed by atoms with E-state index in [9.17, 15) is 0 Å². The molecule has 1 aliphatic rings. The fraction of sp³-hybridized carbons (Fsp3) is 0.739. The number of benzene rings is 1. The van der Waals surface area contributed by atoms with E-state index in [1.807, 2.05) is 13.8 Å². The second-order valence-electron chi connectivity index (χ2n) is 6.92. The first-order valence-electron chi connectivity index (χ1n) is 10.8. The van der Waals surface area contributed by atoms with E-state index in [2.05, 4.69) is 36.1 Å². The van der Waals surface area contributed by atoms with Crippen molar-refractivity contribution in [3.63, 3.8) is 0 Å². The van der Waals surface area contributed by atoms with Crippen LogP contribution in [0.1, 0.15) is 63.5 Å². The Balaban J connectivity index is 0.00000163. The van der Waals surface area contributed by atoms with E-state index in [0.29, 0.717) is 0 Å². The Hall–Kier alpha value is -0.900. The van der Waals surface area contributed by atoms with Crippen molar-refractivity contribution >= 4 is 0 Å². The van der Waals surface area contributed by atoms with Gasteiger partial charge in [0.15, 0.2) is 0 Å². The smallest absolute Gasteiger partial charge is 0.0487 e. The monoisotopic (exact) mass is 363 g/mol. The second kappa shape index (κ2) is 16.3. The van der Waals surface area contributed by atoms with Gasteiger partial charge in [-0.2, -0.15) is 0 Å². The molecule has 0 spiro atoms. The van der Waals surface area contributed by atoms with E-state index in [1.165, 1.54) is 50.0 Å². The zero-order chi connectivity index (χ0) is 18.9. The van der Waals surface area contributed by atoms with Gasteiger partial charge < -0.3 is 14.4 Å². The molecule has 3 nitrogen and oxygen atoms in total. The quantitative estimate of drug-likeness (QED) is 0.473. The standard InChI is InChI=1S/C21H35NO2.C2H6/c1-20-9-11-21(12-10-20)8-5-16-23-18-7-19-24-17-6-15-22-13-3-2-4-14-22;1-2/h9-12H,2-8,13-19H2,1H3;1-2H3. The van der Waals surface area contributed by atoms with Crippen molar-refractivity contribution in [2.45, 2.75) is 65.7 Å². The topological polar surface area (TPSA) is 21.7 Å². The maximum atomic E-state index is 5.71. The molecule has 1 aliphatic heterocycles. The first kappa shape index (κ1) is 23.1. The number of nitrogens with zero attached hydrogens (tertiary/aromatic N) is 1. The maximum absolute atomic E-state index is 5.71. The summed E-state index contributed by atoms with van der Waals surface area (Å²) in [6.07, 6.45) is 8.54. The molecule has 26 heavy (non-hydrogen) atoms. The van der Waals surface area contributed by atoms with Gasteiger partial charge in [-0.1, -0.05) is 50.1 Å². The first-order chi connectivity index (χ1) is 12.8. The summed E-state index contributed by atoms with van der Waals surface area (Å²) in [5.41, 5.74) is 2.73. The molecule has 1 fully saturated rings. The van der Waals surface area contributed by atoms with Gasteiger partial charge in [-0.15, -0.1) is 0 Å². The second-order valence-corrected chi connectivity index (χ2v) is 6.92. The van der Waals surface area contributed by atoms with Crippen LogP contribution in [-0.4, -0.2) is 51.0 Å². The number of hydrogen-bond acceptors (Lipinski definition) is 3. The van der Waals surface area contributed by atoms with Crippen molar-refractivity contribution < 1.29 is 9.47 Å². The van der Waals surface area contributed by atoms with Crippen LogP contribution in [0.2, 0.25) is 0 Å². The van der Waals surface area contributed by atoms with E-state index in [1.54, 1.807) is 0 Å². The van der Waals surface area contributed by atoms with Crippen molar-refractivity contribution in [2.75, 3.05) is 46.1 Å². The minimum absolute atomic E-state index is 0.819. The minimum atomic E-state index is 0.819. The van der Waals surface area contributed by atoms with Gasteiger partial charge in [-0.05, 0) is 64.1 Å². The average molecular weight is 364 g/mol. The first-order valence-corrected chi connectivity index (χ1v) is 10.8. The summed E-state index contributed by atoms with van der Waals surface area (Å²) in [6, 6.07) is 8.79. The van der Waals surface area contributed by atoms with Crippen LogP contribution in [0.15, 0.2) is 24.3 Å². The Bertz CT molecular complexity index is 413. The van der Waals surface area contributed by atoms with Crippen molar-refractivity contribution in [2.24, 2.45) is 0 Å². The Morgan fingerprint density at radius 1 is 0.769 bits per heavy atom. The lowest BCUT2D eigenvalue weighted by atomic mass is 10.1. The third-order valence-corrected chi connectivity index (χ3v) is 4.66. The summed E-state index contributed by atoms with van der Waals surface area (Å²) in [7, 11) is 0. The van der Waals surface area contributed by atoms with Crippen molar-refractivity contribution in [3.8, 4) is 0 Å². The molecule has 0 bridgehead atoms. The van der Waals surface area contributed by atoms with Crippen LogP contribution in [-0.2, 0) is 15.9 Å². The number of likely N-dealkylation sites (tertiary alicyclic amines) is 1. The summed E-state index contributed by atoms with van der Waals surface area (Å²) in [5.74, 6) is 0. The largest absolute Gasteiger partial charge is 0.381 e. The fourth-order valence-electron chi connectivity index (χ4n) is 3.17. The van der Waals surface area contributed by atoms with Crippen LogP contribution in [0.3, 0.4) is 0 Å². The van der Waals surface area contributed by atoms with Crippen molar-refractivity contribution in [3.05, 3.63) is 35.4 Å². The third kappa shape index (κ3) is 11.7. The highest BCUT2D eigenvalue weighted by Gasteiger charge is 2.08. The molecule has 1 aromatic rings. The van der Waals surface area contributed by atoms with Gasteiger partial charge in [-0.3, -0.25) is 0 Å². The predicted octanol–water partition coefficient (Wildman–Crippen LogP) is 5.25. The molecule has 3 heteroatoms. The summed E-state index contributed by atoms with van der Waals surface area (Å²) in [5, 5.41) is 0. The maximum Gasteiger partial charge on any atom is 0.0487 e. The molecule has 150 valence electrons. The zero-order valence-electron chi connectivity index (χ0n) is 17.5. The molecule has 0 unspecified atom stereocenters. The molecule has 1 heterocycles. The van der Waals surface area contributed by atoms with Gasteiger partial charge in [0, 0.05) is 33.0 Å². The van der Waals surface area contributed by atoms with Crippen molar-refractivity contribution in [1.29, 1.82) is 0 Å². The molecule has 0 aromatic heterocycles. The molecule has 0 N–H and O–H groups in total. The van der Waals surface area contributed by atoms with Crippen molar-refractivity contribution in [1.82, 2.24) is 4.90 Å². The van der Waals surface area contributed by atoms with Gasteiger partial charge in [0.1, 0.15) is 0 Å². The SMILES string of the molecule is CC.Cc1ccc(CCCOCCCOCCCN2CCCCC2)cc1. The van der Waals surface area contributed by atoms with Gasteiger partial charge >= 0.3 is 0 Å². The molecule has 0 atom stereocenters. The molecule has 0 amide bonds. The number of ether oxygens (including phenoxy) is 2. The summed E-state index contributed by atoms with van der Waals surface area (Å²) >= 11 is 0. The van der Waals surface area contributed by atoms with Crippen LogP contribution in [0, 0.1) is 6.92 Å². The van der Waals surface area contributed by atoms with Crippen LogP contribution < -0.4 is 0 Å².